The zero-order valence-corrected chi connectivity index (χ0v) is 14.8. The SMILES string of the molecule is Cl.Cn1cnc([N+](=O)[O-])c1CN1CCNCC1c1cccc(Cl)c1. The van der Waals surface area contributed by atoms with Crippen LogP contribution >= 0.6 is 24.0 Å². The van der Waals surface area contributed by atoms with Gasteiger partial charge in [0.05, 0.1) is 0 Å². The molecule has 3 rings (SSSR count). The monoisotopic (exact) mass is 371 g/mol. The first kappa shape index (κ1) is 18.7. The highest BCUT2D eigenvalue weighted by molar-refractivity contribution is 6.30. The lowest BCUT2D eigenvalue weighted by molar-refractivity contribution is -0.390. The molecule has 0 radical (unpaired) electrons. The van der Waals surface area contributed by atoms with Gasteiger partial charge in [-0.05, 0) is 27.6 Å². The van der Waals surface area contributed by atoms with Crippen LogP contribution in [0.2, 0.25) is 5.02 Å². The third-order valence-corrected chi connectivity index (χ3v) is 4.39. The van der Waals surface area contributed by atoms with Crippen LogP contribution in [0.25, 0.3) is 0 Å². The molecule has 2 heterocycles. The fourth-order valence-corrected chi connectivity index (χ4v) is 3.15. The van der Waals surface area contributed by atoms with Crippen molar-refractivity contribution in [1.82, 2.24) is 19.8 Å². The number of piperazine rings is 1. The van der Waals surface area contributed by atoms with Crippen LogP contribution in [-0.2, 0) is 13.6 Å². The van der Waals surface area contributed by atoms with E-state index < -0.39 is 4.92 Å². The van der Waals surface area contributed by atoms with Crippen LogP contribution < -0.4 is 5.32 Å². The van der Waals surface area contributed by atoms with E-state index in [9.17, 15) is 10.1 Å². The highest BCUT2D eigenvalue weighted by Crippen LogP contribution is 2.28. The maximum Gasteiger partial charge on any atom is 0.386 e. The lowest BCUT2D eigenvalue weighted by Crippen LogP contribution is -2.45. The Balaban J connectivity index is 0.00000208. The Hall–Kier alpha value is -1.67. The number of aryl methyl sites for hydroxylation is 1. The standard InChI is InChI=1S/C15H18ClN5O2.ClH/c1-19-10-18-15(21(22)23)14(19)9-20-6-5-17-8-13(20)11-3-2-4-12(16)7-11;/h2-4,7,10,13,17H,5-6,8-9H2,1H3;1H. The van der Waals surface area contributed by atoms with Crippen LogP contribution in [-0.4, -0.2) is 39.0 Å². The minimum Gasteiger partial charge on any atom is -0.358 e. The molecular formula is C15H19Cl2N5O2. The molecule has 1 aromatic carbocycles. The third kappa shape index (κ3) is 3.87. The van der Waals surface area contributed by atoms with E-state index in [0.717, 1.165) is 25.2 Å². The fourth-order valence-electron chi connectivity index (χ4n) is 2.95. The number of nitro groups is 1. The van der Waals surface area contributed by atoms with Crippen LogP contribution in [0.5, 0.6) is 0 Å². The van der Waals surface area contributed by atoms with Gasteiger partial charge in [-0.3, -0.25) is 4.90 Å². The summed E-state index contributed by atoms with van der Waals surface area (Å²) >= 11 is 6.10. The molecule has 1 atom stereocenters. The Labute approximate surface area is 151 Å². The first-order valence-corrected chi connectivity index (χ1v) is 7.79. The van der Waals surface area contributed by atoms with E-state index in [-0.39, 0.29) is 24.3 Å². The summed E-state index contributed by atoms with van der Waals surface area (Å²) in [5.41, 5.74) is 1.72. The van der Waals surface area contributed by atoms with E-state index in [1.165, 1.54) is 6.33 Å². The average molecular weight is 372 g/mol. The number of hydrogen-bond donors (Lipinski definition) is 1. The molecule has 130 valence electrons. The third-order valence-electron chi connectivity index (χ3n) is 4.15. The number of halogens is 2. The molecule has 0 saturated carbocycles. The normalized spacial score (nSPS) is 18.2. The van der Waals surface area contributed by atoms with Crippen molar-refractivity contribution in [1.29, 1.82) is 0 Å². The van der Waals surface area contributed by atoms with Gasteiger partial charge in [0.1, 0.15) is 5.69 Å². The van der Waals surface area contributed by atoms with E-state index in [1.54, 1.807) is 11.6 Å². The van der Waals surface area contributed by atoms with Gasteiger partial charge >= 0.3 is 5.82 Å². The number of aromatic nitrogens is 2. The van der Waals surface area contributed by atoms with Crippen molar-refractivity contribution in [3.05, 3.63) is 57.0 Å². The zero-order chi connectivity index (χ0) is 16.4. The molecule has 1 aliphatic rings. The van der Waals surface area contributed by atoms with Gasteiger partial charge in [-0.25, -0.2) is 0 Å². The summed E-state index contributed by atoms with van der Waals surface area (Å²) in [6, 6.07) is 7.88. The molecule has 1 saturated heterocycles. The number of hydrogen-bond acceptors (Lipinski definition) is 5. The molecule has 1 fully saturated rings. The first-order valence-electron chi connectivity index (χ1n) is 7.41. The van der Waals surface area contributed by atoms with Gasteiger partial charge in [0.2, 0.25) is 6.33 Å². The van der Waals surface area contributed by atoms with Crippen molar-refractivity contribution >= 4 is 29.8 Å². The Morgan fingerprint density at radius 1 is 1.50 bits per heavy atom. The second-order valence-corrected chi connectivity index (χ2v) is 6.06. The Morgan fingerprint density at radius 3 is 3.00 bits per heavy atom. The summed E-state index contributed by atoms with van der Waals surface area (Å²) < 4.78 is 1.72. The van der Waals surface area contributed by atoms with Crippen LogP contribution in [0.15, 0.2) is 30.6 Å². The second-order valence-electron chi connectivity index (χ2n) is 5.63. The van der Waals surface area contributed by atoms with E-state index in [1.807, 2.05) is 24.3 Å². The first-order chi connectivity index (χ1) is 11.1. The highest BCUT2D eigenvalue weighted by Gasteiger charge is 2.28. The molecule has 7 nitrogen and oxygen atoms in total. The largest absolute Gasteiger partial charge is 0.386 e. The van der Waals surface area contributed by atoms with Gasteiger partial charge < -0.3 is 20.0 Å². The Morgan fingerprint density at radius 2 is 2.29 bits per heavy atom. The van der Waals surface area contributed by atoms with E-state index in [4.69, 9.17) is 11.6 Å². The van der Waals surface area contributed by atoms with E-state index in [0.29, 0.717) is 17.3 Å². The molecule has 1 aliphatic heterocycles. The smallest absolute Gasteiger partial charge is 0.358 e. The molecule has 24 heavy (non-hydrogen) atoms. The summed E-state index contributed by atoms with van der Waals surface area (Å²) in [5.74, 6) is -0.0733. The van der Waals surface area contributed by atoms with Gasteiger partial charge in [0.15, 0.2) is 0 Å². The zero-order valence-electron chi connectivity index (χ0n) is 13.2. The fraction of sp³-hybridized carbons (Fsp3) is 0.400. The summed E-state index contributed by atoms with van der Waals surface area (Å²) in [4.78, 5) is 16.9. The lowest BCUT2D eigenvalue weighted by atomic mass is 10.0. The van der Waals surface area contributed by atoms with Crippen LogP contribution in [0.1, 0.15) is 17.3 Å². The maximum absolute atomic E-state index is 11.2. The summed E-state index contributed by atoms with van der Waals surface area (Å²) in [6.45, 7) is 2.92. The Kier molecular flexibility index (Phi) is 6.17. The number of rotatable bonds is 4. The summed E-state index contributed by atoms with van der Waals surface area (Å²) in [7, 11) is 1.78. The second kappa shape index (κ2) is 7.94. The highest BCUT2D eigenvalue weighted by atomic mass is 35.5. The van der Waals surface area contributed by atoms with Gasteiger partial charge in [0.25, 0.3) is 0 Å². The number of nitrogens with one attached hydrogen (secondary N) is 1. The van der Waals surface area contributed by atoms with Gasteiger partial charge in [-0.15, -0.1) is 12.4 Å². The molecule has 0 spiro atoms. The van der Waals surface area contributed by atoms with Crippen LogP contribution in [0, 0.1) is 10.1 Å². The summed E-state index contributed by atoms with van der Waals surface area (Å²) in [5, 5.41) is 15.2. The molecule has 1 aromatic heterocycles. The molecule has 0 bridgehead atoms. The van der Waals surface area contributed by atoms with Crippen LogP contribution in [0.3, 0.4) is 0 Å². The van der Waals surface area contributed by atoms with Gasteiger partial charge in [0, 0.05) is 44.3 Å². The maximum atomic E-state index is 11.2. The molecule has 0 amide bonds. The molecule has 0 aliphatic carbocycles. The lowest BCUT2D eigenvalue weighted by Gasteiger charge is -2.36. The van der Waals surface area contributed by atoms with Gasteiger partial charge in [-0.2, -0.15) is 0 Å². The minimum absolute atomic E-state index is 0. The number of benzene rings is 1. The van der Waals surface area contributed by atoms with Crippen molar-refractivity contribution in [2.24, 2.45) is 7.05 Å². The van der Waals surface area contributed by atoms with Crippen molar-refractivity contribution in [2.45, 2.75) is 12.6 Å². The minimum atomic E-state index is -0.425. The summed E-state index contributed by atoms with van der Waals surface area (Å²) in [6.07, 6.45) is 1.49. The predicted octanol–water partition coefficient (Wildman–Crippen LogP) is 2.55. The van der Waals surface area contributed by atoms with E-state index in [2.05, 4.69) is 15.2 Å². The van der Waals surface area contributed by atoms with Crippen molar-refractivity contribution in [2.75, 3.05) is 19.6 Å². The molecule has 9 heteroatoms. The molecule has 1 N–H and O–H groups in total. The van der Waals surface area contributed by atoms with Crippen molar-refractivity contribution in [3.63, 3.8) is 0 Å². The predicted molar refractivity (Wildman–Crippen MR) is 94.6 cm³/mol. The van der Waals surface area contributed by atoms with Crippen molar-refractivity contribution < 1.29 is 4.92 Å². The molecule has 1 unspecified atom stereocenters. The quantitative estimate of drug-likeness (QED) is 0.660. The van der Waals surface area contributed by atoms with Crippen molar-refractivity contribution in [3.8, 4) is 0 Å². The van der Waals surface area contributed by atoms with Gasteiger partial charge in [-0.1, -0.05) is 23.7 Å². The Bertz CT molecular complexity index is 722. The topological polar surface area (TPSA) is 76.2 Å². The number of nitrogens with zero attached hydrogens (tertiary/aromatic N) is 4. The van der Waals surface area contributed by atoms with Crippen LogP contribution in [0.4, 0.5) is 5.82 Å². The number of imidazole rings is 1. The molecular weight excluding hydrogens is 353 g/mol. The average Bonchev–Trinajstić information content (AvgIpc) is 2.89. The molecule has 2 aromatic rings. The van der Waals surface area contributed by atoms with E-state index >= 15 is 0 Å².